The zero-order chi connectivity index (χ0) is 10.1. The Labute approximate surface area is 81.1 Å². The van der Waals surface area contributed by atoms with E-state index in [0.29, 0.717) is 22.6 Å². The summed E-state index contributed by atoms with van der Waals surface area (Å²) in [5.41, 5.74) is 1.00. The van der Waals surface area contributed by atoms with Crippen molar-refractivity contribution in [2.24, 2.45) is 0 Å². The van der Waals surface area contributed by atoms with Gasteiger partial charge in [0, 0.05) is 0 Å². The Morgan fingerprint density at radius 1 is 1.43 bits per heavy atom. The van der Waals surface area contributed by atoms with Gasteiger partial charge >= 0.3 is 0 Å². The molecule has 0 amide bonds. The van der Waals surface area contributed by atoms with Crippen molar-refractivity contribution in [2.45, 2.75) is 19.7 Å². The van der Waals surface area contributed by atoms with Crippen molar-refractivity contribution >= 4 is 0 Å². The van der Waals surface area contributed by atoms with Gasteiger partial charge in [-0.2, -0.15) is 0 Å². The Bertz CT molecular complexity index is 349. The lowest BCUT2D eigenvalue weighted by Gasteiger charge is -2.10. The lowest BCUT2D eigenvalue weighted by molar-refractivity contribution is 0.173. The molecule has 1 aromatic carbocycles. The quantitative estimate of drug-likeness (QED) is 0.789. The van der Waals surface area contributed by atoms with Crippen LogP contribution < -0.4 is 9.47 Å². The van der Waals surface area contributed by atoms with Crippen LogP contribution >= 0.6 is 0 Å². The molecular formula is C10H11FO3. The second kappa shape index (κ2) is 3.46. The molecule has 0 aliphatic carbocycles. The van der Waals surface area contributed by atoms with E-state index in [9.17, 15) is 9.50 Å². The van der Waals surface area contributed by atoms with E-state index in [-0.39, 0.29) is 6.79 Å². The number of alkyl halides is 1. The lowest BCUT2D eigenvalue weighted by atomic mass is 10.0. The minimum Gasteiger partial charge on any atom is -0.454 e. The molecule has 1 aromatic rings. The number of hydrogen-bond donors (Lipinski definition) is 1. The van der Waals surface area contributed by atoms with Crippen molar-refractivity contribution in [3.63, 3.8) is 0 Å². The molecule has 3 nitrogen and oxygen atoms in total. The SMILES string of the molecule is CC(O)c1cc2c(cc1CF)OCO2. The molecule has 1 N–H and O–H groups in total. The molecule has 76 valence electrons. The number of aliphatic hydroxyl groups is 1. The minimum atomic E-state index is -0.699. The number of rotatable bonds is 2. The average molecular weight is 198 g/mol. The summed E-state index contributed by atoms with van der Waals surface area (Å²) in [5.74, 6) is 1.11. The van der Waals surface area contributed by atoms with Crippen LogP contribution in [-0.2, 0) is 6.67 Å². The summed E-state index contributed by atoms with van der Waals surface area (Å²) in [4.78, 5) is 0. The summed E-state index contributed by atoms with van der Waals surface area (Å²) < 4.78 is 22.8. The molecule has 0 radical (unpaired) electrons. The smallest absolute Gasteiger partial charge is 0.231 e. The number of ether oxygens (including phenoxy) is 2. The number of hydrogen-bond acceptors (Lipinski definition) is 3. The third kappa shape index (κ3) is 1.42. The molecule has 1 aliphatic rings. The van der Waals surface area contributed by atoms with Gasteiger partial charge in [-0.25, -0.2) is 4.39 Å². The maximum atomic E-state index is 12.6. The molecule has 2 rings (SSSR count). The molecule has 1 atom stereocenters. The van der Waals surface area contributed by atoms with E-state index < -0.39 is 12.8 Å². The largest absolute Gasteiger partial charge is 0.454 e. The normalized spacial score (nSPS) is 15.6. The number of fused-ring (bicyclic) bond motifs is 1. The van der Waals surface area contributed by atoms with Crippen molar-refractivity contribution < 1.29 is 19.0 Å². The van der Waals surface area contributed by atoms with Crippen molar-refractivity contribution in [1.82, 2.24) is 0 Å². The van der Waals surface area contributed by atoms with E-state index in [2.05, 4.69) is 0 Å². The van der Waals surface area contributed by atoms with Crippen molar-refractivity contribution in [1.29, 1.82) is 0 Å². The Hall–Kier alpha value is -1.29. The van der Waals surface area contributed by atoms with Crippen LogP contribution in [0, 0.1) is 0 Å². The fourth-order valence-electron chi connectivity index (χ4n) is 1.50. The first-order valence-electron chi connectivity index (χ1n) is 4.39. The maximum Gasteiger partial charge on any atom is 0.231 e. The van der Waals surface area contributed by atoms with Gasteiger partial charge < -0.3 is 14.6 Å². The van der Waals surface area contributed by atoms with Crippen LogP contribution in [0.5, 0.6) is 11.5 Å². The Balaban J connectivity index is 2.49. The Morgan fingerprint density at radius 2 is 2.07 bits per heavy atom. The highest BCUT2D eigenvalue weighted by atomic mass is 19.1. The molecule has 0 spiro atoms. The first kappa shape index (κ1) is 9.27. The van der Waals surface area contributed by atoms with Gasteiger partial charge in [-0.15, -0.1) is 0 Å². The number of aliphatic hydroxyl groups excluding tert-OH is 1. The topological polar surface area (TPSA) is 38.7 Å². The van der Waals surface area contributed by atoms with Gasteiger partial charge in [-0.3, -0.25) is 0 Å². The van der Waals surface area contributed by atoms with Crippen molar-refractivity contribution in [3.05, 3.63) is 23.3 Å². The molecule has 14 heavy (non-hydrogen) atoms. The van der Waals surface area contributed by atoms with E-state index in [0.717, 1.165) is 0 Å². The van der Waals surface area contributed by atoms with Gasteiger partial charge in [-0.05, 0) is 30.2 Å². The molecule has 1 aliphatic heterocycles. The van der Waals surface area contributed by atoms with Gasteiger partial charge in [-0.1, -0.05) is 0 Å². The molecule has 0 bridgehead atoms. The van der Waals surface area contributed by atoms with Crippen molar-refractivity contribution in [3.8, 4) is 11.5 Å². The first-order chi connectivity index (χ1) is 6.72. The minimum absolute atomic E-state index is 0.157. The summed E-state index contributed by atoms with van der Waals surface area (Å²) in [7, 11) is 0. The van der Waals surface area contributed by atoms with Gasteiger partial charge in [0.15, 0.2) is 11.5 Å². The number of benzene rings is 1. The fourth-order valence-corrected chi connectivity index (χ4v) is 1.50. The standard InChI is InChI=1S/C10H11FO3/c1-6(12)8-3-10-9(13-5-14-10)2-7(8)4-11/h2-3,6,12H,4-5H2,1H3. The van der Waals surface area contributed by atoms with E-state index >= 15 is 0 Å². The summed E-state index contributed by atoms with van der Waals surface area (Å²) in [6.45, 7) is 1.14. The highest BCUT2D eigenvalue weighted by molar-refractivity contribution is 5.49. The zero-order valence-corrected chi connectivity index (χ0v) is 7.79. The van der Waals surface area contributed by atoms with Crippen LogP contribution in [0.2, 0.25) is 0 Å². The fraction of sp³-hybridized carbons (Fsp3) is 0.400. The molecular weight excluding hydrogens is 187 g/mol. The van der Waals surface area contributed by atoms with Crippen LogP contribution in [0.25, 0.3) is 0 Å². The predicted molar refractivity (Wildman–Crippen MR) is 48.0 cm³/mol. The molecule has 0 saturated carbocycles. The summed E-state index contributed by atoms with van der Waals surface area (Å²) in [6.07, 6.45) is -0.699. The third-order valence-electron chi connectivity index (χ3n) is 2.23. The highest BCUT2D eigenvalue weighted by Crippen LogP contribution is 2.36. The average Bonchev–Trinajstić information content (AvgIpc) is 2.62. The molecule has 0 saturated heterocycles. The predicted octanol–water partition coefficient (Wildman–Crippen LogP) is 1.94. The van der Waals surface area contributed by atoms with Gasteiger partial charge in [0.2, 0.25) is 6.79 Å². The second-order valence-corrected chi connectivity index (χ2v) is 3.21. The molecule has 0 aromatic heterocycles. The second-order valence-electron chi connectivity index (χ2n) is 3.21. The van der Waals surface area contributed by atoms with Crippen LogP contribution in [0.3, 0.4) is 0 Å². The molecule has 1 heterocycles. The van der Waals surface area contributed by atoms with Crippen LogP contribution in [0.15, 0.2) is 12.1 Å². The highest BCUT2D eigenvalue weighted by Gasteiger charge is 2.18. The van der Waals surface area contributed by atoms with E-state index in [1.54, 1.807) is 19.1 Å². The zero-order valence-electron chi connectivity index (χ0n) is 7.79. The van der Waals surface area contributed by atoms with Crippen LogP contribution in [-0.4, -0.2) is 11.9 Å². The summed E-state index contributed by atoms with van der Waals surface area (Å²) in [5, 5.41) is 9.40. The summed E-state index contributed by atoms with van der Waals surface area (Å²) in [6, 6.07) is 3.20. The van der Waals surface area contributed by atoms with Gasteiger partial charge in [0.25, 0.3) is 0 Å². The maximum absolute atomic E-state index is 12.6. The molecule has 4 heteroatoms. The van der Waals surface area contributed by atoms with Crippen LogP contribution in [0.4, 0.5) is 4.39 Å². The monoisotopic (exact) mass is 198 g/mol. The van der Waals surface area contributed by atoms with Gasteiger partial charge in [0.05, 0.1) is 6.10 Å². The number of halogens is 1. The molecule has 0 fully saturated rings. The Morgan fingerprint density at radius 3 is 2.64 bits per heavy atom. The molecule has 1 unspecified atom stereocenters. The summed E-state index contributed by atoms with van der Waals surface area (Å²) >= 11 is 0. The van der Waals surface area contributed by atoms with E-state index in [1.165, 1.54) is 0 Å². The Kier molecular flexibility index (Phi) is 2.29. The van der Waals surface area contributed by atoms with Crippen molar-refractivity contribution in [2.75, 3.05) is 6.79 Å². The van der Waals surface area contributed by atoms with E-state index in [1.807, 2.05) is 0 Å². The first-order valence-corrected chi connectivity index (χ1v) is 4.39. The van der Waals surface area contributed by atoms with Crippen LogP contribution in [0.1, 0.15) is 24.2 Å². The van der Waals surface area contributed by atoms with E-state index in [4.69, 9.17) is 9.47 Å². The third-order valence-corrected chi connectivity index (χ3v) is 2.23. The lowest BCUT2D eigenvalue weighted by Crippen LogP contribution is -1.97. The van der Waals surface area contributed by atoms with Gasteiger partial charge in [0.1, 0.15) is 6.67 Å².